The molecule has 0 bridgehead atoms. The molecule has 0 unspecified atom stereocenters. The van der Waals surface area contributed by atoms with E-state index >= 15 is 0 Å². The number of nitrogen functional groups attached to an aromatic ring is 1. The molecule has 1 saturated heterocycles. The van der Waals surface area contributed by atoms with Crippen molar-refractivity contribution in [2.75, 3.05) is 24.3 Å². The van der Waals surface area contributed by atoms with Crippen LogP contribution >= 0.6 is 11.5 Å². The molecule has 5 nitrogen and oxygen atoms in total. The molecule has 0 spiro atoms. The molecule has 0 radical (unpaired) electrons. The minimum atomic E-state index is 0.317. The molecule has 1 aromatic rings. The van der Waals surface area contributed by atoms with Gasteiger partial charge in [0.15, 0.2) is 5.82 Å². The Morgan fingerprint density at radius 3 is 2.93 bits per heavy atom. The molecule has 1 aromatic heterocycles. The Morgan fingerprint density at radius 2 is 2.27 bits per heavy atom. The van der Waals surface area contributed by atoms with Crippen molar-refractivity contribution in [1.82, 2.24) is 4.37 Å². The van der Waals surface area contributed by atoms with Gasteiger partial charge in [-0.2, -0.15) is 9.64 Å². The van der Waals surface area contributed by atoms with Gasteiger partial charge < -0.3 is 15.8 Å². The van der Waals surface area contributed by atoms with Crippen LogP contribution in [0.4, 0.5) is 10.8 Å². The molecule has 1 fully saturated rings. The Hall–Kier alpha value is -1.32. The number of hydrogen-bond acceptors (Lipinski definition) is 6. The number of aromatic nitrogens is 1. The van der Waals surface area contributed by atoms with Crippen LogP contribution in [0.3, 0.4) is 0 Å². The van der Waals surface area contributed by atoms with Gasteiger partial charge in [0.25, 0.3) is 0 Å². The molecular weight excluding hydrogens is 212 g/mol. The summed E-state index contributed by atoms with van der Waals surface area (Å²) in [4.78, 5) is 0. The van der Waals surface area contributed by atoms with Gasteiger partial charge in [-0.1, -0.05) is 0 Å². The topological polar surface area (TPSA) is 84.0 Å². The summed E-state index contributed by atoms with van der Waals surface area (Å²) in [5.41, 5.74) is 6.03. The molecule has 0 amide bonds. The van der Waals surface area contributed by atoms with Crippen molar-refractivity contribution < 1.29 is 4.74 Å². The highest BCUT2D eigenvalue weighted by molar-refractivity contribution is 7.10. The molecule has 3 N–H and O–H groups in total. The highest BCUT2D eigenvalue weighted by Crippen LogP contribution is 2.27. The fourth-order valence-electron chi connectivity index (χ4n) is 1.54. The average Bonchev–Trinajstić information content (AvgIpc) is 2.61. The first-order valence-electron chi connectivity index (χ1n) is 4.81. The van der Waals surface area contributed by atoms with Crippen molar-refractivity contribution in [1.29, 1.82) is 5.26 Å². The van der Waals surface area contributed by atoms with Gasteiger partial charge in [-0.3, -0.25) is 0 Å². The first-order chi connectivity index (χ1) is 7.31. The third-order valence-electron chi connectivity index (χ3n) is 2.39. The molecule has 15 heavy (non-hydrogen) atoms. The third kappa shape index (κ3) is 2.19. The Labute approximate surface area is 92.0 Å². The fourth-order valence-corrected chi connectivity index (χ4v) is 2.28. The smallest absolute Gasteiger partial charge is 0.157 e. The van der Waals surface area contributed by atoms with Crippen LogP contribution in [0.25, 0.3) is 0 Å². The van der Waals surface area contributed by atoms with Crippen LogP contribution in [0.2, 0.25) is 0 Å². The third-order valence-corrected chi connectivity index (χ3v) is 3.18. The normalized spacial score (nSPS) is 17.3. The van der Waals surface area contributed by atoms with Gasteiger partial charge in [-0.05, 0) is 24.4 Å². The zero-order valence-electron chi connectivity index (χ0n) is 8.19. The quantitative estimate of drug-likeness (QED) is 0.788. The van der Waals surface area contributed by atoms with E-state index in [4.69, 9.17) is 15.7 Å². The number of nitrogens with two attached hydrogens (primary N) is 1. The predicted octanol–water partition coefficient (Wildman–Crippen LogP) is 1.19. The summed E-state index contributed by atoms with van der Waals surface area (Å²) in [6.07, 6.45) is 1.92. The van der Waals surface area contributed by atoms with E-state index in [0.29, 0.717) is 17.4 Å². The highest BCUT2D eigenvalue weighted by Gasteiger charge is 2.17. The van der Waals surface area contributed by atoms with E-state index in [9.17, 15) is 0 Å². The summed E-state index contributed by atoms with van der Waals surface area (Å²) in [6, 6.07) is 2.43. The van der Waals surface area contributed by atoms with Gasteiger partial charge >= 0.3 is 0 Å². The number of anilines is 2. The van der Waals surface area contributed by atoms with Gasteiger partial charge in [0.1, 0.15) is 16.6 Å². The van der Waals surface area contributed by atoms with Crippen LogP contribution in [-0.2, 0) is 4.74 Å². The van der Waals surface area contributed by atoms with Crippen molar-refractivity contribution in [3.63, 3.8) is 0 Å². The highest BCUT2D eigenvalue weighted by atomic mass is 32.1. The summed E-state index contributed by atoms with van der Waals surface area (Å²) in [6.45, 7) is 1.54. The number of nitriles is 1. The van der Waals surface area contributed by atoms with Crippen molar-refractivity contribution in [2.45, 2.75) is 18.9 Å². The zero-order valence-corrected chi connectivity index (χ0v) is 9.01. The standard InChI is InChI=1S/C9H12N4OS/c10-5-7-8(11)13-15-9(7)12-6-1-3-14-4-2-6/h6,12H,1-4H2,(H2,11,13). The lowest BCUT2D eigenvalue weighted by Crippen LogP contribution is -2.27. The number of nitrogens with one attached hydrogen (secondary N) is 1. The maximum absolute atomic E-state index is 8.89. The average molecular weight is 224 g/mol. The summed E-state index contributed by atoms with van der Waals surface area (Å²) in [7, 11) is 0. The first-order valence-corrected chi connectivity index (χ1v) is 5.58. The van der Waals surface area contributed by atoms with Gasteiger partial charge in [0, 0.05) is 19.3 Å². The van der Waals surface area contributed by atoms with Crippen molar-refractivity contribution >= 4 is 22.4 Å². The predicted molar refractivity (Wildman–Crippen MR) is 58.7 cm³/mol. The minimum absolute atomic E-state index is 0.317. The zero-order chi connectivity index (χ0) is 10.7. The molecule has 0 saturated carbocycles. The molecule has 1 aliphatic heterocycles. The van der Waals surface area contributed by atoms with Crippen molar-refractivity contribution in [3.8, 4) is 6.07 Å². The molecule has 80 valence electrons. The van der Waals surface area contributed by atoms with Crippen LogP contribution in [-0.4, -0.2) is 23.6 Å². The Morgan fingerprint density at radius 1 is 1.53 bits per heavy atom. The van der Waals surface area contributed by atoms with E-state index in [1.165, 1.54) is 11.5 Å². The molecular formula is C9H12N4OS. The second-order valence-corrected chi connectivity index (χ2v) is 4.19. The summed E-state index contributed by atoms with van der Waals surface area (Å²) >= 11 is 1.24. The molecule has 0 aliphatic carbocycles. The van der Waals surface area contributed by atoms with Crippen LogP contribution in [0.5, 0.6) is 0 Å². The number of rotatable bonds is 2. The summed E-state index contributed by atoms with van der Waals surface area (Å²) in [5, 5.41) is 13.0. The molecule has 2 rings (SSSR count). The van der Waals surface area contributed by atoms with Gasteiger partial charge in [0.05, 0.1) is 0 Å². The largest absolute Gasteiger partial charge is 0.382 e. The SMILES string of the molecule is N#Cc1c(N)nsc1NC1CCOCC1. The first kappa shape index (κ1) is 10.2. The van der Waals surface area contributed by atoms with Gasteiger partial charge in [-0.15, -0.1) is 0 Å². The minimum Gasteiger partial charge on any atom is -0.382 e. The lowest BCUT2D eigenvalue weighted by molar-refractivity contribution is 0.0905. The van der Waals surface area contributed by atoms with Crippen LogP contribution < -0.4 is 11.1 Å². The van der Waals surface area contributed by atoms with Crippen molar-refractivity contribution in [3.05, 3.63) is 5.56 Å². The van der Waals surface area contributed by atoms with Crippen LogP contribution in [0.1, 0.15) is 18.4 Å². The Balaban J connectivity index is 2.06. The van der Waals surface area contributed by atoms with E-state index < -0.39 is 0 Å². The second-order valence-electron chi connectivity index (χ2n) is 3.41. The number of hydrogen-bond donors (Lipinski definition) is 2. The number of nitrogens with zero attached hydrogens (tertiary/aromatic N) is 2. The monoisotopic (exact) mass is 224 g/mol. The Bertz CT molecular complexity index is 378. The van der Waals surface area contributed by atoms with E-state index in [-0.39, 0.29) is 0 Å². The molecule has 2 heterocycles. The maximum atomic E-state index is 8.89. The van der Waals surface area contributed by atoms with Crippen molar-refractivity contribution in [2.24, 2.45) is 0 Å². The molecule has 0 aromatic carbocycles. The summed E-state index contributed by atoms with van der Waals surface area (Å²) < 4.78 is 9.21. The van der Waals surface area contributed by atoms with Gasteiger partial charge in [-0.25, -0.2) is 0 Å². The van der Waals surface area contributed by atoms with Crippen LogP contribution in [0.15, 0.2) is 0 Å². The lowest BCUT2D eigenvalue weighted by Gasteiger charge is -2.23. The van der Waals surface area contributed by atoms with Crippen LogP contribution in [0, 0.1) is 11.3 Å². The lowest BCUT2D eigenvalue weighted by atomic mass is 10.1. The van der Waals surface area contributed by atoms with Gasteiger partial charge in [0.2, 0.25) is 0 Å². The number of ether oxygens (including phenoxy) is 1. The fraction of sp³-hybridized carbons (Fsp3) is 0.556. The molecule has 1 aliphatic rings. The molecule has 0 atom stereocenters. The maximum Gasteiger partial charge on any atom is 0.157 e. The Kier molecular flexibility index (Phi) is 3.04. The van der Waals surface area contributed by atoms with E-state index in [0.717, 1.165) is 31.1 Å². The van der Waals surface area contributed by atoms with E-state index in [1.807, 2.05) is 0 Å². The van der Waals surface area contributed by atoms with E-state index in [2.05, 4.69) is 15.8 Å². The summed E-state index contributed by atoms with van der Waals surface area (Å²) in [5.74, 6) is 0.317. The second kappa shape index (κ2) is 4.47. The molecule has 6 heteroatoms. The van der Waals surface area contributed by atoms with E-state index in [1.54, 1.807) is 0 Å².